The zero-order chi connectivity index (χ0) is 12.5. The van der Waals surface area contributed by atoms with Crippen LogP contribution >= 0.6 is 34.1 Å². The first-order chi connectivity index (χ1) is 8.74. The van der Waals surface area contributed by atoms with Crippen molar-refractivity contribution in [1.82, 2.24) is 14.3 Å². The first-order valence-corrected chi connectivity index (χ1v) is 7.09. The summed E-state index contributed by atoms with van der Waals surface area (Å²) in [6.07, 6.45) is 1.50. The van der Waals surface area contributed by atoms with Crippen molar-refractivity contribution in [1.29, 1.82) is 0 Å². The van der Waals surface area contributed by atoms with Gasteiger partial charge < -0.3 is 4.74 Å². The third-order valence-electron chi connectivity index (χ3n) is 2.44. The second kappa shape index (κ2) is 4.77. The maximum atomic E-state index is 5.80. The van der Waals surface area contributed by atoms with E-state index in [1.165, 1.54) is 21.4 Å². The molecule has 0 spiro atoms. The van der Waals surface area contributed by atoms with Crippen molar-refractivity contribution in [3.63, 3.8) is 0 Å². The van der Waals surface area contributed by atoms with Crippen molar-refractivity contribution in [2.24, 2.45) is 0 Å². The molecule has 0 saturated heterocycles. The zero-order valence-electron chi connectivity index (χ0n) is 9.42. The lowest BCUT2D eigenvalue weighted by atomic mass is 10.3. The number of halogens is 1. The molecule has 0 radical (unpaired) electrons. The molecular weight excluding hydrogens is 361 g/mol. The number of aryl methyl sites for hydroxylation is 1. The Bertz CT molecular complexity index is 696. The highest BCUT2D eigenvalue weighted by Crippen LogP contribution is 2.30. The van der Waals surface area contributed by atoms with E-state index in [0.717, 1.165) is 21.7 Å². The van der Waals surface area contributed by atoms with Crippen molar-refractivity contribution < 1.29 is 4.74 Å². The van der Waals surface area contributed by atoms with Gasteiger partial charge in [-0.15, -0.1) is 0 Å². The summed E-state index contributed by atoms with van der Waals surface area (Å²) in [5.74, 6) is 1.33. The smallest absolute Gasteiger partial charge is 0.232 e. The molecule has 0 amide bonds. The predicted molar refractivity (Wildman–Crippen MR) is 79.2 cm³/mol. The summed E-state index contributed by atoms with van der Waals surface area (Å²) in [6, 6.07) is 7.83. The molecule has 0 unspecified atom stereocenters. The maximum Gasteiger partial charge on any atom is 0.232 e. The molecule has 2 heterocycles. The van der Waals surface area contributed by atoms with Gasteiger partial charge in [-0.25, -0.2) is 9.97 Å². The van der Waals surface area contributed by atoms with Crippen LogP contribution in [0.2, 0.25) is 0 Å². The highest BCUT2D eigenvalue weighted by molar-refractivity contribution is 14.1. The summed E-state index contributed by atoms with van der Waals surface area (Å²) >= 11 is 3.62. The average molecular weight is 369 g/mol. The fourth-order valence-electron chi connectivity index (χ4n) is 1.58. The second-order valence-electron chi connectivity index (χ2n) is 3.68. The van der Waals surface area contributed by atoms with E-state index < -0.39 is 0 Å². The van der Waals surface area contributed by atoms with Crippen molar-refractivity contribution in [2.75, 3.05) is 0 Å². The molecule has 0 aliphatic rings. The molecule has 0 saturated carbocycles. The van der Waals surface area contributed by atoms with E-state index in [-0.39, 0.29) is 0 Å². The van der Waals surface area contributed by atoms with Crippen LogP contribution in [0.4, 0.5) is 0 Å². The van der Waals surface area contributed by atoms with Gasteiger partial charge >= 0.3 is 0 Å². The third kappa shape index (κ3) is 2.17. The first-order valence-electron chi connectivity index (χ1n) is 5.24. The number of ether oxygens (including phenoxy) is 1. The lowest BCUT2D eigenvalue weighted by molar-refractivity contribution is 0.468. The maximum absolute atomic E-state index is 5.80. The molecule has 0 bridgehead atoms. The van der Waals surface area contributed by atoms with Gasteiger partial charge in [-0.05, 0) is 65.3 Å². The van der Waals surface area contributed by atoms with Crippen molar-refractivity contribution in [2.45, 2.75) is 6.92 Å². The summed E-state index contributed by atoms with van der Waals surface area (Å²) in [5.41, 5.74) is 0.899. The Labute approximate surface area is 121 Å². The number of hydrogen-bond acceptors (Lipinski definition) is 5. The van der Waals surface area contributed by atoms with E-state index in [1.54, 1.807) is 0 Å². The van der Waals surface area contributed by atoms with E-state index in [2.05, 4.69) is 36.9 Å². The summed E-state index contributed by atoms with van der Waals surface area (Å²) < 4.78 is 11.2. The highest BCUT2D eigenvalue weighted by atomic mass is 127. The summed E-state index contributed by atoms with van der Waals surface area (Å²) in [7, 11) is 0. The van der Waals surface area contributed by atoms with E-state index in [0.29, 0.717) is 5.88 Å². The third-order valence-corrected chi connectivity index (χ3v) is 4.00. The van der Waals surface area contributed by atoms with Gasteiger partial charge in [0.15, 0.2) is 4.83 Å². The molecule has 0 aliphatic heterocycles. The Morgan fingerprint density at radius 2 is 1.94 bits per heavy atom. The van der Waals surface area contributed by atoms with Gasteiger partial charge in [0.1, 0.15) is 12.1 Å². The summed E-state index contributed by atoms with van der Waals surface area (Å²) in [4.78, 5) is 9.22. The van der Waals surface area contributed by atoms with Crippen LogP contribution in [0.25, 0.3) is 10.2 Å². The number of rotatable bonds is 2. The molecule has 3 aromatic rings. The molecule has 0 N–H and O–H groups in total. The topological polar surface area (TPSA) is 47.9 Å². The van der Waals surface area contributed by atoms with Crippen LogP contribution in [-0.4, -0.2) is 14.3 Å². The minimum atomic E-state index is 0.562. The van der Waals surface area contributed by atoms with Gasteiger partial charge in [-0.3, -0.25) is 0 Å². The van der Waals surface area contributed by atoms with Crippen LogP contribution in [0.5, 0.6) is 11.6 Å². The monoisotopic (exact) mass is 369 g/mol. The van der Waals surface area contributed by atoms with Gasteiger partial charge in [0.2, 0.25) is 5.88 Å². The second-order valence-corrected chi connectivity index (χ2v) is 5.68. The Hall–Kier alpha value is -1.28. The molecule has 0 atom stereocenters. The Balaban J connectivity index is 2.04. The molecule has 18 heavy (non-hydrogen) atoms. The number of aromatic nitrogens is 3. The van der Waals surface area contributed by atoms with Crippen molar-refractivity contribution >= 4 is 44.3 Å². The van der Waals surface area contributed by atoms with Crippen LogP contribution < -0.4 is 4.74 Å². The van der Waals surface area contributed by atoms with Crippen LogP contribution in [0.1, 0.15) is 5.69 Å². The lowest BCUT2D eigenvalue weighted by Crippen LogP contribution is -1.90. The summed E-state index contributed by atoms with van der Waals surface area (Å²) in [5, 5.41) is 0.890. The molecule has 1 aromatic carbocycles. The largest absolute Gasteiger partial charge is 0.438 e. The van der Waals surface area contributed by atoms with Gasteiger partial charge in [-0.1, -0.05) is 0 Å². The molecule has 0 aliphatic carbocycles. The normalized spacial score (nSPS) is 10.8. The van der Waals surface area contributed by atoms with E-state index >= 15 is 0 Å². The fourth-order valence-corrected chi connectivity index (χ4v) is 2.68. The Morgan fingerprint density at radius 3 is 2.72 bits per heavy atom. The molecule has 90 valence electrons. The lowest BCUT2D eigenvalue weighted by Gasteiger charge is -2.05. The zero-order valence-corrected chi connectivity index (χ0v) is 12.4. The van der Waals surface area contributed by atoms with Gasteiger partial charge in [0.25, 0.3) is 0 Å². The number of fused-ring (bicyclic) bond motifs is 1. The molecule has 2 aromatic heterocycles. The van der Waals surface area contributed by atoms with Gasteiger partial charge in [0.05, 0.1) is 11.1 Å². The van der Waals surface area contributed by atoms with Crippen molar-refractivity contribution in [3.8, 4) is 11.6 Å². The Kier molecular flexibility index (Phi) is 3.13. The first kappa shape index (κ1) is 11.8. The number of hydrogen-bond donors (Lipinski definition) is 0. The van der Waals surface area contributed by atoms with Crippen LogP contribution in [0.15, 0.2) is 30.6 Å². The predicted octanol–water partition coefficient (Wildman–Crippen LogP) is 3.79. The highest BCUT2D eigenvalue weighted by Gasteiger charge is 2.11. The molecule has 0 fully saturated rings. The van der Waals surface area contributed by atoms with Gasteiger partial charge in [-0.2, -0.15) is 4.37 Å². The van der Waals surface area contributed by atoms with Crippen LogP contribution in [-0.2, 0) is 0 Å². The van der Waals surface area contributed by atoms with E-state index in [9.17, 15) is 0 Å². The van der Waals surface area contributed by atoms with Crippen molar-refractivity contribution in [3.05, 3.63) is 39.9 Å². The molecule has 4 nitrogen and oxygen atoms in total. The SMILES string of the molecule is Cc1nsc2ncnc(Oc3ccc(I)cc3)c12. The van der Waals surface area contributed by atoms with E-state index in [4.69, 9.17) is 4.74 Å². The number of nitrogens with zero attached hydrogens (tertiary/aromatic N) is 3. The standard InChI is InChI=1S/C12H8IN3OS/c1-7-10-11(14-6-15-12(10)18-16-7)17-9-4-2-8(13)3-5-9/h2-6H,1H3. The minimum absolute atomic E-state index is 0.562. The molecule has 6 heteroatoms. The Morgan fingerprint density at radius 1 is 1.17 bits per heavy atom. The van der Waals surface area contributed by atoms with Gasteiger partial charge in [0, 0.05) is 3.57 Å². The molecular formula is C12H8IN3OS. The fraction of sp³-hybridized carbons (Fsp3) is 0.0833. The van der Waals surface area contributed by atoms with Crippen LogP contribution in [0.3, 0.4) is 0 Å². The quantitative estimate of drug-likeness (QED) is 0.645. The summed E-state index contributed by atoms with van der Waals surface area (Å²) in [6.45, 7) is 1.93. The van der Waals surface area contributed by atoms with Crippen LogP contribution in [0, 0.1) is 10.5 Å². The minimum Gasteiger partial charge on any atom is -0.438 e. The average Bonchev–Trinajstić information content (AvgIpc) is 2.75. The van der Waals surface area contributed by atoms with E-state index in [1.807, 2.05) is 31.2 Å². The molecule has 3 rings (SSSR count). The number of benzene rings is 1.